The number of carbonyl (C=O) groups is 2. The van der Waals surface area contributed by atoms with Crippen LogP contribution in [0.1, 0.15) is 23.7 Å². The van der Waals surface area contributed by atoms with Gasteiger partial charge in [-0.15, -0.1) is 0 Å². The molecule has 2 aromatic carbocycles. The number of esters is 1. The minimum Gasteiger partial charge on any atom is -0.497 e. The van der Waals surface area contributed by atoms with Crippen molar-refractivity contribution in [1.29, 1.82) is 0 Å². The second-order valence-electron chi connectivity index (χ2n) is 6.69. The zero-order valence-corrected chi connectivity index (χ0v) is 15.5. The molecule has 1 saturated heterocycles. The predicted octanol–water partition coefficient (Wildman–Crippen LogP) is 2.39. The van der Waals surface area contributed by atoms with Gasteiger partial charge in [0.1, 0.15) is 25.1 Å². The zero-order valence-electron chi connectivity index (χ0n) is 15.5. The molecule has 0 aromatic heterocycles. The van der Waals surface area contributed by atoms with Gasteiger partial charge in [-0.05, 0) is 35.4 Å². The molecule has 2 aliphatic rings. The molecule has 28 heavy (non-hydrogen) atoms. The molecule has 1 N–H and O–H groups in total. The number of carbonyl (C=O) groups excluding carboxylic acids is 2. The first-order valence-electron chi connectivity index (χ1n) is 9.14. The fraction of sp³-hybridized carbons (Fsp3) is 0.333. The molecule has 0 unspecified atom stereocenters. The molecule has 7 nitrogen and oxygen atoms in total. The summed E-state index contributed by atoms with van der Waals surface area (Å²) in [7, 11) is 1.60. The molecule has 2 aromatic rings. The smallest absolute Gasteiger partial charge is 0.307 e. The van der Waals surface area contributed by atoms with Crippen molar-refractivity contribution in [1.82, 2.24) is 5.32 Å². The lowest BCUT2D eigenvalue weighted by Crippen LogP contribution is -2.32. The van der Waals surface area contributed by atoms with Crippen LogP contribution in [0.15, 0.2) is 42.5 Å². The van der Waals surface area contributed by atoms with E-state index in [0.717, 1.165) is 16.9 Å². The number of amides is 1. The maximum Gasteiger partial charge on any atom is 0.307 e. The largest absolute Gasteiger partial charge is 0.497 e. The molecule has 2 aliphatic heterocycles. The van der Waals surface area contributed by atoms with Crippen LogP contribution in [-0.4, -0.2) is 32.2 Å². The Morgan fingerprint density at radius 2 is 1.86 bits per heavy atom. The third-order valence-electron chi connectivity index (χ3n) is 4.87. The summed E-state index contributed by atoms with van der Waals surface area (Å²) in [5, 5.41) is 2.89. The van der Waals surface area contributed by atoms with Gasteiger partial charge in [-0.1, -0.05) is 18.2 Å². The Hall–Kier alpha value is -3.22. The second-order valence-corrected chi connectivity index (χ2v) is 6.69. The summed E-state index contributed by atoms with van der Waals surface area (Å²) in [6.45, 7) is 1.33. The van der Waals surface area contributed by atoms with E-state index >= 15 is 0 Å². The van der Waals surface area contributed by atoms with Gasteiger partial charge in [-0.25, -0.2) is 0 Å². The minimum atomic E-state index is -0.640. The monoisotopic (exact) mass is 383 g/mol. The van der Waals surface area contributed by atoms with Gasteiger partial charge in [-0.2, -0.15) is 0 Å². The second kappa shape index (κ2) is 7.80. The van der Waals surface area contributed by atoms with Gasteiger partial charge < -0.3 is 24.3 Å². The van der Waals surface area contributed by atoms with Crippen molar-refractivity contribution in [2.24, 2.45) is 5.92 Å². The quantitative estimate of drug-likeness (QED) is 0.799. The first kappa shape index (κ1) is 18.2. The summed E-state index contributed by atoms with van der Waals surface area (Å²) in [6, 6.07) is 12.8. The Labute approximate surface area is 162 Å². The van der Waals surface area contributed by atoms with Gasteiger partial charge in [0.25, 0.3) is 0 Å². The van der Waals surface area contributed by atoms with E-state index in [1.165, 1.54) is 0 Å². The number of hydrogen-bond donors (Lipinski definition) is 1. The van der Waals surface area contributed by atoms with Gasteiger partial charge in [-0.3, -0.25) is 9.59 Å². The number of fused-ring (bicyclic) bond motifs is 1. The molecule has 0 spiro atoms. The summed E-state index contributed by atoms with van der Waals surface area (Å²) in [5.41, 5.74) is 1.66. The molecular weight excluding hydrogens is 362 g/mol. The van der Waals surface area contributed by atoms with Crippen molar-refractivity contribution in [2.75, 3.05) is 20.3 Å². The van der Waals surface area contributed by atoms with E-state index in [9.17, 15) is 9.59 Å². The van der Waals surface area contributed by atoms with Crippen LogP contribution in [-0.2, 0) is 20.9 Å². The van der Waals surface area contributed by atoms with Gasteiger partial charge in [0, 0.05) is 6.54 Å². The van der Waals surface area contributed by atoms with Crippen LogP contribution < -0.4 is 19.5 Å². The Morgan fingerprint density at radius 3 is 2.61 bits per heavy atom. The average molecular weight is 383 g/mol. The third-order valence-corrected chi connectivity index (χ3v) is 4.87. The summed E-state index contributed by atoms with van der Waals surface area (Å²) >= 11 is 0. The lowest BCUT2D eigenvalue weighted by atomic mass is 9.94. The van der Waals surface area contributed by atoms with Crippen LogP contribution in [0.5, 0.6) is 17.2 Å². The highest BCUT2D eigenvalue weighted by Gasteiger charge is 2.41. The standard InChI is InChI=1S/C21H21NO6/c1-25-15-5-2-13(3-6-15)12-22-21(24)16-11-19(23)28-20(16)14-4-7-17-18(10-14)27-9-8-26-17/h2-7,10,16,20H,8-9,11-12H2,1H3,(H,22,24)/t16-,20-/m1/s1. The van der Waals surface area contributed by atoms with E-state index in [1.54, 1.807) is 25.3 Å². The van der Waals surface area contributed by atoms with Crippen LogP contribution >= 0.6 is 0 Å². The van der Waals surface area contributed by atoms with Crippen molar-refractivity contribution in [2.45, 2.75) is 19.1 Å². The highest BCUT2D eigenvalue weighted by molar-refractivity contribution is 5.87. The Bertz CT molecular complexity index is 879. The summed E-state index contributed by atoms with van der Waals surface area (Å²) < 4.78 is 21.7. The first-order valence-corrected chi connectivity index (χ1v) is 9.14. The van der Waals surface area contributed by atoms with E-state index in [1.807, 2.05) is 24.3 Å². The molecule has 1 amide bonds. The van der Waals surface area contributed by atoms with E-state index in [0.29, 0.717) is 31.3 Å². The highest BCUT2D eigenvalue weighted by atomic mass is 16.6. The molecule has 0 radical (unpaired) electrons. The molecule has 2 atom stereocenters. The lowest BCUT2D eigenvalue weighted by molar-refractivity contribution is -0.141. The summed E-state index contributed by atoms with van der Waals surface area (Å²) in [5.74, 6) is 0.812. The van der Waals surface area contributed by atoms with Crippen molar-refractivity contribution >= 4 is 11.9 Å². The molecule has 0 aliphatic carbocycles. The predicted molar refractivity (Wildman–Crippen MR) is 99.2 cm³/mol. The Morgan fingerprint density at radius 1 is 1.11 bits per heavy atom. The fourth-order valence-corrected chi connectivity index (χ4v) is 3.39. The summed E-state index contributed by atoms with van der Waals surface area (Å²) in [6.07, 6.45) is -0.590. The molecule has 7 heteroatoms. The Balaban J connectivity index is 1.46. The SMILES string of the molecule is COc1ccc(CNC(=O)[C@@H]2CC(=O)O[C@@H]2c2ccc3c(c2)OCCO3)cc1. The van der Waals surface area contributed by atoms with Crippen molar-refractivity contribution in [3.63, 3.8) is 0 Å². The van der Waals surface area contributed by atoms with E-state index < -0.39 is 12.0 Å². The van der Waals surface area contributed by atoms with Crippen molar-refractivity contribution < 1.29 is 28.5 Å². The topological polar surface area (TPSA) is 83.1 Å². The number of rotatable bonds is 5. The molecule has 0 bridgehead atoms. The average Bonchev–Trinajstić information content (AvgIpc) is 3.14. The molecule has 146 valence electrons. The first-order chi connectivity index (χ1) is 13.6. The zero-order chi connectivity index (χ0) is 19.5. The van der Waals surface area contributed by atoms with Crippen LogP contribution in [0.25, 0.3) is 0 Å². The lowest BCUT2D eigenvalue weighted by Gasteiger charge is -2.22. The fourth-order valence-electron chi connectivity index (χ4n) is 3.39. The summed E-state index contributed by atoms with van der Waals surface area (Å²) in [4.78, 5) is 24.6. The van der Waals surface area contributed by atoms with Gasteiger partial charge >= 0.3 is 5.97 Å². The van der Waals surface area contributed by atoms with E-state index in [-0.39, 0.29) is 18.3 Å². The van der Waals surface area contributed by atoms with Crippen LogP contribution in [0.2, 0.25) is 0 Å². The van der Waals surface area contributed by atoms with Crippen molar-refractivity contribution in [3.05, 3.63) is 53.6 Å². The number of benzene rings is 2. The molecule has 2 heterocycles. The van der Waals surface area contributed by atoms with E-state index in [4.69, 9.17) is 18.9 Å². The molecule has 1 fully saturated rings. The number of nitrogens with one attached hydrogen (secondary N) is 1. The van der Waals surface area contributed by atoms with Crippen molar-refractivity contribution in [3.8, 4) is 17.2 Å². The van der Waals surface area contributed by atoms with Gasteiger partial charge in [0.2, 0.25) is 5.91 Å². The number of ether oxygens (including phenoxy) is 4. The third kappa shape index (κ3) is 3.74. The number of methoxy groups -OCH3 is 1. The minimum absolute atomic E-state index is 0.0492. The van der Waals surface area contributed by atoms with Crippen LogP contribution in [0.3, 0.4) is 0 Å². The highest BCUT2D eigenvalue weighted by Crippen LogP contribution is 2.40. The van der Waals surface area contributed by atoms with E-state index in [2.05, 4.69) is 5.32 Å². The normalized spacial score (nSPS) is 20.4. The van der Waals surface area contributed by atoms with Crippen LogP contribution in [0.4, 0.5) is 0 Å². The Kier molecular flexibility index (Phi) is 5.06. The van der Waals surface area contributed by atoms with Gasteiger partial charge in [0.05, 0.1) is 19.4 Å². The van der Waals surface area contributed by atoms with Gasteiger partial charge in [0.15, 0.2) is 11.5 Å². The molecule has 0 saturated carbocycles. The maximum absolute atomic E-state index is 12.7. The maximum atomic E-state index is 12.7. The molecular formula is C21H21NO6. The number of cyclic esters (lactones) is 1. The van der Waals surface area contributed by atoms with Crippen LogP contribution in [0, 0.1) is 5.92 Å². The molecule has 4 rings (SSSR count). The number of hydrogen-bond acceptors (Lipinski definition) is 6.